The predicted molar refractivity (Wildman–Crippen MR) is 62.2 cm³/mol. The lowest BCUT2D eigenvalue weighted by Crippen LogP contribution is -2.33. The molecule has 0 radical (unpaired) electrons. The van der Waals surface area contributed by atoms with Gasteiger partial charge in [0.1, 0.15) is 0 Å². The smallest absolute Gasteiger partial charge is 0.0661 e. The van der Waals surface area contributed by atoms with E-state index in [1.165, 1.54) is 24.1 Å². The van der Waals surface area contributed by atoms with E-state index >= 15 is 0 Å². The van der Waals surface area contributed by atoms with Crippen LogP contribution in [-0.2, 0) is 0 Å². The van der Waals surface area contributed by atoms with Gasteiger partial charge in [0.15, 0.2) is 0 Å². The molecule has 2 N–H and O–H groups in total. The third kappa shape index (κ3) is 2.88. The summed E-state index contributed by atoms with van der Waals surface area (Å²) in [5, 5.41) is 6.87. The molecule has 0 aromatic heterocycles. The third-order valence-electron chi connectivity index (χ3n) is 2.40. The van der Waals surface area contributed by atoms with E-state index in [1.807, 2.05) is 0 Å². The topological polar surface area (TPSA) is 24.1 Å². The maximum Gasteiger partial charge on any atom is 0.0661 e. The Morgan fingerprint density at radius 1 is 1.21 bits per heavy atom. The van der Waals surface area contributed by atoms with Gasteiger partial charge in [-0.3, -0.25) is 0 Å². The fraction of sp³-hybridized carbons (Fsp3) is 0.667. The Bertz CT molecular complexity index is 228. The zero-order valence-electron chi connectivity index (χ0n) is 9.56. The van der Waals surface area contributed by atoms with Crippen molar-refractivity contribution in [3.63, 3.8) is 0 Å². The average molecular weight is 194 g/mol. The van der Waals surface area contributed by atoms with Gasteiger partial charge in [0.2, 0.25) is 0 Å². The standard InChI is InChI=1S/C12H22N2/c1-4-7-10-8-11(13-5-2)12(9-10)14-6-3/h8-9,11,13-14H,4-7H2,1-3H3. The van der Waals surface area contributed by atoms with Crippen molar-refractivity contribution in [3.05, 3.63) is 23.4 Å². The summed E-state index contributed by atoms with van der Waals surface area (Å²) in [5.41, 5.74) is 2.80. The number of allylic oxidation sites excluding steroid dienone is 2. The highest BCUT2D eigenvalue weighted by molar-refractivity contribution is 5.37. The van der Waals surface area contributed by atoms with Crippen LogP contribution in [0, 0.1) is 0 Å². The van der Waals surface area contributed by atoms with E-state index in [2.05, 4.69) is 43.6 Å². The number of hydrogen-bond acceptors (Lipinski definition) is 2. The molecular weight excluding hydrogens is 172 g/mol. The van der Waals surface area contributed by atoms with Gasteiger partial charge in [-0.2, -0.15) is 0 Å². The van der Waals surface area contributed by atoms with Crippen LogP contribution in [0.15, 0.2) is 23.4 Å². The highest BCUT2D eigenvalue weighted by Gasteiger charge is 2.16. The normalized spacial score (nSPS) is 20.6. The Labute approximate surface area is 87.5 Å². The molecule has 0 aromatic rings. The number of likely N-dealkylation sites (N-methyl/N-ethyl adjacent to an activating group) is 2. The monoisotopic (exact) mass is 194 g/mol. The van der Waals surface area contributed by atoms with Gasteiger partial charge in [0.25, 0.3) is 0 Å². The maximum atomic E-state index is 3.46. The summed E-state index contributed by atoms with van der Waals surface area (Å²) in [6, 6.07) is 0.418. The lowest BCUT2D eigenvalue weighted by molar-refractivity contribution is 0.639. The van der Waals surface area contributed by atoms with Crippen molar-refractivity contribution in [1.82, 2.24) is 10.6 Å². The second-order valence-electron chi connectivity index (χ2n) is 3.66. The van der Waals surface area contributed by atoms with Gasteiger partial charge in [-0.05, 0) is 31.5 Å². The number of hydrogen-bond donors (Lipinski definition) is 2. The van der Waals surface area contributed by atoms with Crippen LogP contribution >= 0.6 is 0 Å². The van der Waals surface area contributed by atoms with E-state index in [1.54, 1.807) is 0 Å². The number of rotatable bonds is 6. The molecule has 0 spiro atoms. The van der Waals surface area contributed by atoms with Crippen LogP contribution in [0.5, 0.6) is 0 Å². The lowest BCUT2D eigenvalue weighted by Gasteiger charge is -2.14. The molecule has 0 bridgehead atoms. The van der Waals surface area contributed by atoms with E-state index < -0.39 is 0 Å². The Morgan fingerprint density at radius 3 is 2.57 bits per heavy atom. The second kappa shape index (κ2) is 5.86. The summed E-state index contributed by atoms with van der Waals surface area (Å²) < 4.78 is 0. The molecule has 0 aliphatic heterocycles. The van der Waals surface area contributed by atoms with Gasteiger partial charge in [-0.1, -0.05) is 26.3 Å². The van der Waals surface area contributed by atoms with Crippen LogP contribution < -0.4 is 10.6 Å². The van der Waals surface area contributed by atoms with Crippen LogP contribution in [0.4, 0.5) is 0 Å². The van der Waals surface area contributed by atoms with E-state index in [-0.39, 0.29) is 0 Å². The Hall–Kier alpha value is -0.760. The van der Waals surface area contributed by atoms with Crippen LogP contribution in [0.25, 0.3) is 0 Å². The Morgan fingerprint density at radius 2 is 2.00 bits per heavy atom. The fourth-order valence-corrected chi connectivity index (χ4v) is 1.84. The van der Waals surface area contributed by atoms with E-state index in [9.17, 15) is 0 Å². The molecule has 1 atom stereocenters. The fourth-order valence-electron chi connectivity index (χ4n) is 1.84. The lowest BCUT2D eigenvalue weighted by atomic mass is 10.2. The van der Waals surface area contributed by atoms with E-state index in [0.717, 1.165) is 13.1 Å². The highest BCUT2D eigenvalue weighted by atomic mass is 15.0. The van der Waals surface area contributed by atoms with Crippen molar-refractivity contribution in [2.75, 3.05) is 13.1 Å². The minimum absolute atomic E-state index is 0.418. The summed E-state index contributed by atoms with van der Waals surface area (Å²) >= 11 is 0. The predicted octanol–water partition coefficient (Wildman–Crippen LogP) is 2.20. The molecule has 1 rings (SSSR count). The third-order valence-corrected chi connectivity index (χ3v) is 2.40. The minimum Gasteiger partial charge on any atom is -0.387 e. The minimum atomic E-state index is 0.418. The van der Waals surface area contributed by atoms with Crippen LogP contribution in [0.2, 0.25) is 0 Å². The first kappa shape index (κ1) is 11.3. The molecule has 0 saturated carbocycles. The van der Waals surface area contributed by atoms with E-state index in [4.69, 9.17) is 0 Å². The molecule has 2 nitrogen and oxygen atoms in total. The summed E-state index contributed by atoms with van der Waals surface area (Å²) in [4.78, 5) is 0. The zero-order valence-corrected chi connectivity index (χ0v) is 9.56. The largest absolute Gasteiger partial charge is 0.387 e. The maximum absolute atomic E-state index is 3.46. The van der Waals surface area contributed by atoms with Crippen molar-refractivity contribution in [2.45, 2.75) is 39.7 Å². The summed E-state index contributed by atoms with van der Waals surface area (Å²) in [6.45, 7) is 8.53. The van der Waals surface area contributed by atoms with Crippen LogP contribution in [0.3, 0.4) is 0 Å². The summed E-state index contributed by atoms with van der Waals surface area (Å²) in [7, 11) is 0. The number of nitrogens with one attached hydrogen (secondary N) is 2. The van der Waals surface area contributed by atoms with E-state index in [0.29, 0.717) is 6.04 Å². The first-order chi connectivity index (χ1) is 6.81. The van der Waals surface area contributed by atoms with Crippen molar-refractivity contribution in [1.29, 1.82) is 0 Å². The molecule has 14 heavy (non-hydrogen) atoms. The van der Waals surface area contributed by atoms with Crippen molar-refractivity contribution in [3.8, 4) is 0 Å². The van der Waals surface area contributed by atoms with Gasteiger partial charge in [0, 0.05) is 12.2 Å². The van der Waals surface area contributed by atoms with Gasteiger partial charge in [-0.25, -0.2) is 0 Å². The van der Waals surface area contributed by atoms with Gasteiger partial charge < -0.3 is 10.6 Å². The Kier molecular flexibility index (Phi) is 4.74. The quantitative estimate of drug-likeness (QED) is 0.677. The molecule has 0 saturated heterocycles. The Balaban J connectivity index is 2.59. The van der Waals surface area contributed by atoms with Gasteiger partial charge in [0.05, 0.1) is 6.04 Å². The van der Waals surface area contributed by atoms with Crippen molar-refractivity contribution in [2.24, 2.45) is 0 Å². The van der Waals surface area contributed by atoms with Crippen molar-refractivity contribution < 1.29 is 0 Å². The summed E-state index contributed by atoms with van der Waals surface area (Å²) in [5.74, 6) is 0. The first-order valence-corrected chi connectivity index (χ1v) is 5.71. The van der Waals surface area contributed by atoms with Gasteiger partial charge >= 0.3 is 0 Å². The summed E-state index contributed by atoms with van der Waals surface area (Å²) in [6.07, 6.45) is 7.04. The molecule has 0 aromatic carbocycles. The molecule has 0 fully saturated rings. The zero-order chi connectivity index (χ0) is 10.4. The average Bonchev–Trinajstić information content (AvgIpc) is 2.50. The molecule has 2 heteroatoms. The van der Waals surface area contributed by atoms with Gasteiger partial charge in [-0.15, -0.1) is 0 Å². The SMILES string of the molecule is CCCC1=CC(NCC)C(NCC)=C1. The molecular formula is C12H22N2. The molecule has 80 valence electrons. The van der Waals surface area contributed by atoms with Crippen molar-refractivity contribution >= 4 is 0 Å². The first-order valence-electron chi connectivity index (χ1n) is 5.71. The van der Waals surface area contributed by atoms with Crippen LogP contribution in [-0.4, -0.2) is 19.1 Å². The second-order valence-corrected chi connectivity index (χ2v) is 3.66. The van der Waals surface area contributed by atoms with Crippen LogP contribution in [0.1, 0.15) is 33.6 Å². The highest BCUT2D eigenvalue weighted by Crippen LogP contribution is 2.19. The molecule has 0 heterocycles. The molecule has 1 aliphatic rings. The molecule has 0 amide bonds. The molecule has 1 aliphatic carbocycles. The molecule has 1 unspecified atom stereocenters.